The Kier molecular flexibility index (Phi) is 6.17. The van der Waals surface area contributed by atoms with Crippen molar-refractivity contribution in [1.82, 2.24) is 10.3 Å². The Labute approximate surface area is 140 Å². The Morgan fingerprint density at radius 1 is 0.913 bits per heavy atom. The summed E-state index contributed by atoms with van der Waals surface area (Å²) in [5.41, 5.74) is 3.99. The third-order valence-electron chi connectivity index (χ3n) is 4.44. The van der Waals surface area contributed by atoms with Gasteiger partial charge in [-0.3, -0.25) is 10.3 Å². The minimum absolute atomic E-state index is 0.333. The Bertz CT molecular complexity index is 597. The van der Waals surface area contributed by atoms with Crippen LogP contribution in [0.5, 0.6) is 0 Å². The molecule has 0 spiro atoms. The van der Waals surface area contributed by atoms with Crippen molar-refractivity contribution in [3.63, 3.8) is 0 Å². The summed E-state index contributed by atoms with van der Waals surface area (Å²) in [7, 11) is 0. The fourth-order valence-corrected chi connectivity index (χ4v) is 3.67. The van der Waals surface area contributed by atoms with E-state index < -0.39 is 0 Å². The normalized spacial score (nSPS) is 26.7. The maximum atomic E-state index is 4.21. The average Bonchev–Trinajstić information content (AvgIpc) is 3.13. The van der Waals surface area contributed by atoms with Crippen molar-refractivity contribution in [2.24, 2.45) is 0 Å². The number of hydrogen-bond donors (Lipinski definition) is 2. The lowest BCUT2D eigenvalue weighted by molar-refractivity contribution is 0.568. The van der Waals surface area contributed by atoms with E-state index in [-0.39, 0.29) is 0 Å². The number of nitrogens with one attached hydrogen (secondary N) is 2. The number of benzene rings is 1. The van der Waals surface area contributed by atoms with Gasteiger partial charge in [-0.25, -0.2) is 0 Å². The quantitative estimate of drug-likeness (QED) is 0.798. The van der Waals surface area contributed by atoms with Gasteiger partial charge < -0.3 is 5.32 Å². The van der Waals surface area contributed by atoms with Crippen LogP contribution in [0.2, 0.25) is 0 Å². The first kappa shape index (κ1) is 17.5. The largest absolute Gasteiger partial charge is 0.368 e. The molecular formula is C20H29N3. The van der Waals surface area contributed by atoms with Gasteiger partial charge in [0.05, 0.1) is 18.1 Å². The molecule has 4 unspecified atom stereocenters. The molecule has 0 radical (unpaired) electrons. The van der Waals surface area contributed by atoms with E-state index >= 15 is 0 Å². The van der Waals surface area contributed by atoms with Crippen LogP contribution < -0.4 is 10.6 Å². The summed E-state index contributed by atoms with van der Waals surface area (Å²) in [6.45, 7) is 10.3. The van der Waals surface area contributed by atoms with Crippen molar-refractivity contribution < 1.29 is 0 Å². The molecule has 3 heteroatoms. The molecule has 0 bridgehead atoms. The zero-order valence-corrected chi connectivity index (χ0v) is 14.9. The SMILES string of the molecule is CC.CC.CC1NC2Nc3cnccc3C2C1c1ccccc1. The zero-order chi connectivity index (χ0) is 16.8. The number of fused-ring (bicyclic) bond motifs is 3. The van der Waals surface area contributed by atoms with Gasteiger partial charge in [0.2, 0.25) is 0 Å². The van der Waals surface area contributed by atoms with Gasteiger partial charge in [-0.15, -0.1) is 0 Å². The Balaban J connectivity index is 0.000000448. The predicted molar refractivity (Wildman–Crippen MR) is 98.9 cm³/mol. The average molecular weight is 311 g/mol. The summed E-state index contributed by atoms with van der Waals surface area (Å²) in [6, 6.07) is 13.5. The lowest BCUT2D eigenvalue weighted by atomic mass is 9.81. The monoisotopic (exact) mass is 311 g/mol. The van der Waals surface area contributed by atoms with Gasteiger partial charge in [-0.05, 0) is 24.1 Å². The van der Waals surface area contributed by atoms with Gasteiger partial charge >= 0.3 is 0 Å². The third-order valence-corrected chi connectivity index (χ3v) is 4.44. The Morgan fingerprint density at radius 2 is 1.61 bits per heavy atom. The summed E-state index contributed by atoms with van der Waals surface area (Å²) >= 11 is 0. The molecule has 2 aliphatic heterocycles. The summed E-state index contributed by atoms with van der Waals surface area (Å²) in [5.74, 6) is 1.01. The molecule has 2 aliphatic rings. The first-order chi connectivity index (χ1) is 11.3. The van der Waals surface area contributed by atoms with Crippen molar-refractivity contribution in [2.75, 3.05) is 5.32 Å². The molecule has 4 atom stereocenters. The highest BCUT2D eigenvalue weighted by molar-refractivity contribution is 5.60. The van der Waals surface area contributed by atoms with Crippen LogP contribution in [0.25, 0.3) is 0 Å². The number of pyridine rings is 1. The van der Waals surface area contributed by atoms with Gasteiger partial charge in [0.15, 0.2) is 0 Å². The second kappa shape index (κ2) is 8.11. The summed E-state index contributed by atoms with van der Waals surface area (Å²) in [6.07, 6.45) is 4.16. The smallest absolute Gasteiger partial charge is 0.0848 e. The fraction of sp³-hybridized carbons (Fsp3) is 0.450. The molecular weight excluding hydrogens is 282 g/mol. The molecule has 2 N–H and O–H groups in total. The lowest BCUT2D eigenvalue weighted by Gasteiger charge is -2.21. The minimum atomic E-state index is 0.333. The van der Waals surface area contributed by atoms with Crippen molar-refractivity contribution in [3.05, 3.63) is 59.9 Å². The summed E-state index contributed by atoms with van der Waals surface area (Å²) < 4.78 is 0. The number of rotatable bonds is 1. The van der Waals surface area contributed by atoms with E-state index in [0.29, 0.717) is 24.0 Å². The molecule has 1 saturated heterocycles. The van der Waals surface area contributed by atoms with E-state index in [1.165, 1.54) is 16.8 Å². The van der Waals surface area contributed by atoms with Crippen LogP contribution in [0.3, 0.4) is 0 Å². The second-order valence-corrected chi connectivity index (χ2v) is 5.50. The van der Waals surface area contributed by atoms with Crippen molar-refractivity contribution >= 4 is 5.69 Å². The van der Waals surface area contributed by atoms with E-state index in [2.05, 4.69) is 58.9 Å². The van der Waals surface area contributed by atoms with E-state index in [1.807, 2.05) is 40.1 Å². The standard InChI is InChI=1S/C16H17N3.2C2H6/c1-10-14(11-5-3-2-4-6-11)15-12-7-8-17-9-13(12)19-16(15)18-10;2*1-2/h2-10,14-16,18-19H,1H3;2*1-2H3. The highest BCUT2D eigenvalue weighted by Gasteiger charge is 2.46. The van der Waals surface area contributed by atoms with Gasteiger partial charge in [0, 0.05) is 24.1 Å². The summed E-state index contributed by atoms with van der Waals surface area (Å²) in [4.78, 5) is 4.21. The predicted octanol–water partition coefficient (Wildman–Crippen LogP) is 4.74. The van der Waals surface area contributed by atoms with Crippen LogP contribution in [0, 0.1) is 0 Å². The van der Waals surface area contributed by atoms with Crippen LogP contribution >= 0.6 is 0 Å². The molecule has 2 aromatic rings. The highest BCUT2D eigenvalue weighted by Crippen LogP contribution is 2.48. The zero-order valence-electron chi connectivity index (χ0n) is 14.9. The molecule has 4 rings (SSSR count). The Hall–Kier alpha value is -1.87. The first-order valence-electron chi connectivity index (χ1n) is 8.86. The van der Waals surface area contributed by atoms with E-state index in [1.54, 1.807) is 0 Å². The van der Waals surface area contributed by atoms with E-state index in [9.17, 15) is 0 Å². The minimum Gasteiger partial charge on any atom is -0.368 e. The van der Waals surface area contributed by atoms with E-state index in [4.69, 9.17) is 0 Å². The van der Waals surface area contributed by atoms with Crippen LogP contribution in [0.4, 0.5) is 5.69 Å². The molecule has 0 saturated carbocycles. The molecule has 1 aromatic heterocycles. The lowest BCUT2D eigenvalue weighted by Crippen LogP contribution is -2.33. The molecule has 0 amide bonds. The fourth-order valence-electron chi connectivity index (χ4n) is 3.67. The number of hydrogen-bond acceptors (Lipinski definition) is 3. The van der Waals surface area contributed by atoms with Crippen molar-refractivity contribution in [2.45, 2.75) is 58.7 Å². The molecule has 1 fully saturated rings. The Morgan fingerprint density at radius 3 is 2.30 bits per heavy atom. The van der Waals surface area contributed by atoms with Crippen molar-refractivity contribution in [3.8, 4) is 0 Å². The van der Waals surface area contributed by atoms with Crippen molar-refractivity contribution in [1.29, 1.82) is 0 Å². The molecule has 3 nitrogen and oxygen atoms in total. The van der Waals surface area contributed by atoms with Gasteiger partial charge in [0.1, 0.15) is 0 Å². The molecule has 23 heavy (non-hydrogen) atoms. The van der Waals surface area contributed by atoms with Gasteiger partial charge in [-0.1, -0.05) is 58.0 Å². The van der Waals surface area contributed by atoms with Crippen LogP contribution in [0.1, 0.15) is 57.6 Å². The van der Waals surface area contributed by atoms with Gasteiger partial charge in [-0.2, -0.15) is 0 Å². The van der Waals surface area contributed by atoms with Crippen LogP contribution in [-0.2, 0) is 0 Å². The third kappa shape index (κ3) is 3.25. The molecule has 1 aromatic carbocycles. The maximum Gasteiger partial charge on any atom is 0.0848 e. The van der Waals surface area contributed by atoms with Gasteiger partial charge in [0.25, 0.3) is 0 Å². The van der Waals surface area contributed by atoms with Crippen LogP contribution in [0.15, 0.2) is 48.8 Å². The second-order valence-electron chi connectivity index (χ2n) is 5.50. The molecule has 124 valence electrons. The highest BCUT2D eigenvalue weighted by atomic mass is 15.2. The maximum absolute atomic E-state index is 4.21. The van der Waals surface area contributed by atoms with E-state index in [0.717, 1.165) is 0 Å². The van der Waals surface area contributed by atoms with Crippen LogP contribution in [-0.4, -0.2) is 17.2 Å². The molecule has 0 aliphatic carbocycles. The topological polar surface area (TPSA) is 37.0 Å². The number of nitrogens with zero attached hydrogens (tertiary/aromatic N) is 1. The molecule has 3 heterocycles. The number of aromatic nitrogens is 1. The number of anilines is 1. The first-order valence-corrected chi connectivity index (χ1v) is 8.86. The summed E-state index contributed by atoms with van der Waals surface area (Å²) in [5, 5.41) is 7.23.